The minimum Gasteiger partial charge on any atom is -0.381 e. The fourth-order valence-corrected chi connectivity index (χ4v) is 1.67. The molecule has 1 heteroatoms. The minimum absolute atomic E-state index is 0.454. The Hall–Kier alpha value is -0.0400. The van der Waals surface area contributed by atoms with Crippen LogP contribution in [0, 0.1) is 10.8 Å². The summed E-state index contributed by atoms with van der Waals surface area (Å²) in [5, 5.41) is 0. The number of hydrogen-bond donors (Lipinski definition) is 0. The standard InChI is InChI=1S/C15H32O/c1-14(2,3)10-7-8-12-16-13-9-11-15(4,5)6/h7-13H2,1-6H3. The predicted octanol–water partition coefficient (Wildman–Crippen LogP) is 5.05. The largest absolute Gasteiger partial charge is 0.381 e. The van der Waals surface area contributed by atoms with Crippen molar-refractivity contribution >= 4 is 0 Å². The Bertz CT molecular complexity index is 139. The van der Waals surface area contributed by atoms with E-state index in [-0.39, 0.29) is 0 Å². The van der Waals surface area contributed by atoms with E-state index in [1.165, 1.54) is 32.1 Å². The van der Waals surface area contributed by atoms with Crippen LogP contribution in [0.1, 0.15) is 73.6 Å². The molecule has 0 aliphatic carbocycles. The average Bonchev–Trinajstić information content (AvgIpc) is 2.06. The second-order valence-electron chi connectivity index (χ2n) is 7.29. The molecule has 1 nitrogen and oxygen atoms in total. The Balaban J connectivity index is 3.17. The zero-order chi connectivity index (χ0) is 12.7. The summed E-state index contributed by atoms with van der Waals surface area (Å²) in [5.41, 5.74) is 0.932. The molecule has 0 unspecified atom stereocenters. The maximum absolute atomic E-state index is 5.64. The second-order valence-corrected chi connectivity index (χ2v) is 7.29. The minimum atomic E-state index is 0.454. The maximum Gasteiger partial charge on any atom is 0.0466 e. The Labute approximate surface area is 103 Å². The summed E-state index contributed by atoms with van der Waals surface area (Å²) in [6, 6.07) is 0. The van der Waals surface area contributed by atoms with Gasteiger partial charge in [-0.3, -0.25) is 0 Å². The zero-order valence-electron chi connectivity index (χ0n) is 12.4. The number of unbranched alkanes of at least 4 members (excludes halogenated alkanes) is 1. The molecule has 0 saturated heterocycles. The van der Waals surface area contributed by atoms with Crippen LogP contribution in [0.3, 0.4) is 0 Å². The molecule has 0 heterocycles. The lowest BCUT2D eigenvalue weighted by Crippen LogP contribution is -2.08. The molecule has 0 aromatic carbocycles. The van der Waals surface area contributed by atoms with Crippen molar-refractivity contribution < 1.29 is 4.74 Å². The van der Waals surface area contributed by atoms with E-state index in [9.17, 15) is 0 Å². The summed E-state index contributed by atoms with van der Waals surface area (Å²) in [4.78, 5) is 0. The van der Waals surface area contributed by atoms with E-state index in [4.69, 9.17) is 4.74 Å². The highest BCUT2D eigenvalue weighted by Gasteiger charge is 2.10. The van der Waals surface area contributed by atoms with Gasteiger partial charge in [-0.25, -0.2) is 0 Å². The summed E-state index contributed by atoms with van der Waals surface area (Å²) in [5.74, 6) is 0. The molecule has 0 N–H and O–H groups in total. The van der Waals surface area contributed by atoms with Crippen LogP contribution in [-0.4, -0.2) is 13.2 Å². The average molecular weight is 228 g/mol. The molecule has 0 aromatic rings. The first-order valence-corrected chi connectivity index (χ1v) is 6.78. The predicted molar refractivity (Wildman–Crippen MR) is 72.8 cm³/mol. The molecule has 0 fully saturated rings. The molecule has 0 spiro atoms. The highest BCUT2D eigenvalue weighted by Crippen LogP contribution is 2.22. The second kappa shape index (κ2) is 7.32. The Morgan fingerprint density at radius 1 is 0.625 bits per heavy atom. The van der Waals surface area contributed by atoms with E-state index in [0.29, 0.717) is 10.8 Å². The molecule has 0 bridgehead atoms. The van der Waals surface area contributed by atoms with Gasteiger partial charge in [0.1, 0.15) is 0 Å². The van der Waals surface area contributed by atoms with Crippen molar-refractivity contribution in [2.24, 2.45) is 10.8 Å². The van der Waals surface area contributed by atoms with Gasteiger partial charge in [0.25, 0.3) is 0 Å². The first-order chi connectivity index (χ1) is 7.21. The van der Waals surface area contributed by atoms with E-state index in [2.05, 4.69) is 41.5 Å². The highest BCUT2D eigenvalue weighted by molar-refractivity contribution is 4.61. The van der Waals surface area contributed by atoms with Gasteiger partial charge >= 0.3 is 0 Å². The molecular weight excluding hydrogens is 196 g/mol. The van der Waals surface area contributed by atoms with Crippen LogP contribution >= 0.6 is 0 Å². The molecule has 98 valence electrons. The van der Waals surface area contributed by atoms with E-state index in [0.717, 1.165) is 13.2 Å². The summed E-state index contributed by atoms with van der Waals surface area (Å²) in [7, 11) is 0. The molecule has 16 heavy (non-hydrogen) atoms. The number of rotatable bonds is 7. The van der Waals surface area contributed by atoms with Gasteiger partial charge in [0.2, 0.25) is 0 Å². The van der Waals surface area contributed by atoms with Crippen molar-refractivity contribution in [3.8, 4) is 0 Å². The molecule has 0 atom stereocenters. The molecule has 0 rings (SSSR count). The molecule has 0 aromatic heterocycles. The Morgan fingerprint density at radius 3 is 1.56 bits per heavy atom. The van der Waals surface area contributed by atoms with Gasteiger partial charge in [0, 0.05) is 13.2 Å². The van der Waals surface area contributed by atoms with Crippen LogP contribution in [0.5, 0.6) is 0 Å². The van der Waals surface area contributed by atoms with Crippen LogP contribution in [0.15, 0.2) is 0 Å². The normalized spacial score (nSPS) is 13.1. The van der Waals surface area contributed by atoms with Crippen molar-refractivity contribution in [1.29, 1.82) is 0 Å². The van der Waals surface area contributed by atoms with Gasteiger partial charge in [0.15, 0.2) is 0 Å². The third kappa shape index (κ3) is 14.0. The zero-order valence-corrected chi connectivity index (χ0v) is 12.4. The van der Waals surface area contributed by atoms with Crippen LogP contribution in [0.25, 0.3) is 0 Å². The Morgan fingerprint density at radius 2 is 1.06 bits per heavy atom. The quantitative estimate of drug-likeness (QED) is 0.554. The number of hydrogen-bond acceptors (Lipinski definition) is 1. The van der Waals surface area contributed by atoms with Gasteiger partial charge in [-0.05, 0) is 36.5 Å². The van der Waals surface area contributed by atoms with Crippen molar-refractivity contribution in [3.05, 3.63) is 0 Å². The molecule has 0 aliphatic heterocycles. The molecule has 0 amide bonds. The van der Waals surface area contributed by atoms with Crippen molar-refractivity contribution in [2.45, 2.75) is 73.6 Å². The molecule has 0 aliphatic rings. The van der Waals surface area contributed by atoms with Crippen LogP contribution in [0.4, 0.5) is 0 Å². The molecule has 0 saturated carbocycles. The third-order valence-corrected chi connectivity index (χ3v) is 2.68. The van der Waals surface area contributed by atoms with E-state index >= 15 is 0 Å². The first kappa shape index (κ1) is 16.0. The summed E-state index contributed by atoms with van der Waals surface area (Å²) in [6.45, 7) is 15.7. The van der Waals surface area contributed by atoms with Gasteiger partial charge in [-0.1, -0.05) is 48.0 Å². The smallest absolute Gasteiger partial charge is 0.0466 e. The topological polar surface area (TPSA) is 9.23 Å². The van der Waals surface area contributed by atoms with Crippen molar-refractivity contribution in [1.82, 2.24) is 0 Å². The van der Waals surface area contributed by atoms with Gasteiger partial charge in [-0.15, -0.1) is 0 Å². The highest BCUT2D eigenvalue weighted by atomic mass is 16.5. The van der Waals surface area contributed by atoms with Crippen LogP contribution < -0.4 is 0 Å². The lowest BCUT2D eigenvalue weighted by Gasteiger charge is -2.18. The summed E-state index contributed by atoms with van der Waals surface area (Å²) >= 11 is 0. The molecular formula is C15H32O. The van der Waals surface area contributed by atoms with Crippen molar-refractivity contribution in [3.63, 3.8) is 0 Å². The first-order valence-electron chi connectivity index (χ1n) is 6.78. The fraction of sp³-hybridized carbons (Fsp3) is 1.00. The summed E-state index contributed by atoms with van der Waals surface area (Å²) < 4.78 is 5.64. The van der Waals surface area contributed by atoms with Crippen molar-refractivity contribution in [2.75, 3.05) is 13.2 Å². The summed E-state index contributed by atoms with van der Waals surface area (Å²) in [6.07, 6.45) is 6.27. The van der Waals surface area contributed by atoms with Crippen LogP contribution in [0.2, 0.25) is 0 Å². The third-order valence-electron chi connectivity index (χ3n) is 2.68. The van der Waals surface area contributed by atoms with Gasteiger partial charge < -0.3 is 4.74 Å². The lowest BCUT2D eigenvalue weighted by atomic mass is 9.90. The SMILES string of the molecule is CC(C)(C)CCCCOCCCC(C)(C)C. The molecule has 0 radical (unpaired) electrons. The van der Waals surface area contributed by atoms with Gasteiger partial charge in [-0.2, -0.15) is 0 Å². The van der Waals surface area contributed by atoms with Gasteiger partial charge in [0.05, 0.1) is 0 Å². The monoisotopic (exact) mass is 228 g/mol. The fourth-order valence-electron chi connectivity index (χ4n) is 1.67. The lowest BCUT2D eigenvalue weighted by molar-refractivity contribution is 0.117. The van der Waals surface area contributed by atoms with E-state index in [1.54, 1.807) is 0 Å². The van der Waals surface area contributed by atoms with Crippen LogP contribution in [-0.2, 0) is 4.74 Å². The number of ether oxygens (including phenoxy) is 1. The van der Waals surface area contributed by atoms with E-state index < -0.39 is 0 Å². The maximum atomic E-state index is 5.64. The Kier molecular flexibility index (Phi) is 7.30. The van der Waals surface area contributed by atoms with E-state index in [1.807, 2.05) is 0 Å².